The third-order valence-corrected chi connectivity index (χ3v) is 6.36. The minimum atomic E-state index is -0.794. The van der Waals surface area contributed by atoms with E-state index in [0.29, 0.717) is 16.9 Å². The van der Waals surface area contributed by atoms with Gasteiger partial charge in [-0.1, -0.05) is 17.7 Å². The molecule has 3 atom stereocenters. The van der Waals surface area contributed by atoms with Gasteiger partial charge in [0.2, 0.25) is 5.91 Å². The summed E-state index contributed by atoms with van der Waals surface area (Å²) in [6, 6.07) is 13.1. The molecule has 2 saturated heterocycles. The molecule has 4 rings (SSSR count). The lowest BCUT2D eigenvalue weighted by Crippen LogP contribution is -2.45. The van der Waals surface area contributed by atoms with E-state index >= 15 is 0 Å². The van der Waals surface area contributed by atoms with Crippen molar-refractivity contribution in [1.29, 1.82) is 0 Å². The van der Waals surface area contributed by atoms with Gasteiger partial charge in [0.05, 0.1) is 6.10 Å². The second-order valence-corrected chi connectivity index (χ2v) is 8.91. The molecule has 0 aromatic heterocycles. The highest BCUT2D eigenvalue weighted by atomic mass is 16.3. The van der Waals surface area contributed by atoms with Crippen molar-refractivity contribution < 1.29 is 19.5 Å². The summed E-state index contributed by atoms with van der Waals surface area (Å²) >= 11 is 0. The van der Waals surface area contributed by atoms with Gasteiger partial charge >= 0.3 is 6.03 Å². The van der Waals surface area contributed by atoms with E-state index < -0.39 is 18.2 Å². The van der Waals surface area contributed by atoms with E-state index in [9.17, 15) is 19.5 Å². The third-order valence-electron chi connectivity index (χ3n) is 6.36. The zero-order chi connectivity index (χ0) is 23.5. The maximum absolute atomic E-state index is 12.9. The van der Waals surface area contributed by atoms with Crippen LogP contribution in [0.5, 0.6) is 0 Å². The first kappa shape index (κ1) is 22.8. The van der Waals surface area contributed by atoms with Crippen molar-refractivity contribution in [3.63, 3.8) is 0 Å². The molecule has 33 heavy (non-hydrogen) atoms. The van der Waals surface area contributed by atoms with Gasteiger partial charge in [-0.15, -0.1) is 0 Å². The zero-order valence-electron chi connectivity index (χ0n) is 19.0. The molecule has 174 valence electrons. The lowest BCUT2D eigenvalue weighted by Gasteiger charge is -2.24. The molecule has 2 heterocycles. The molecular formula is C25H30N4O4. The molecule has 0 bridgehead atoms. The number of carbonyl (C=O) groups is 3. The Kier molecular flexibility index (Phi) is 6.65. The number of aliphatic hydroxyl groups excluding tert-OH is 1. The van der Waals surface area contributed by atoms with Crippen LogP contribution in [0, 0.1) is 6.92 Å². The molecule has 0 radical (unpaired) electrons. The number of aliphatic hydroxyl groups is 1. The van der Waals surface area contributed by atoms with Crippen molar-refractivity contribution in [2.75, 3.05) is 23.7 Å². The van der Waals surface area contributed by atoms with E-state index in [0.717, 1.165) is 24.9 Å². The van der Waals surface area contributed by atoms with Crippen LogP contribution >= 0.6 is 0 Å². The van der Waals surface area contributed by atoms with Crippen molar-refractivity contribution in [2.45, 2.75) is 51.3 Å². The topological polar surface area (TPSA) is 102 Å². The first-order valence-electron chi connectivity index (χ1n) is 11.4. The lowest BCUT2D eigenvalue weighted by atomic mass is 10.1. The highest BCUT2D eigenvalue weighted by Crippen LogP contribution is 2.23. The maximum Gasteiger partial charge on any atom is 0.322 e. The monoisotopic (exact) mass is 450 g/mol. The molecular weight excluding hydrogens is 420 g/mol. The molecule has 2 aliphatic heterocycles. The van der Waals surface area contributed by atoms with Gasteiger partial charge < -0.3 is 25.5 Å². The minimum Gasteiger partial charge on any atom is -0.391 e. The maximum atomic E-state index is 12.9. The van der Waals surface area contributed by atoms with Crippen LogP contribution in [0.25, 0.3) is 0 Å². The van der Waals surface area contributed by atoms with Crippen molar-refractivity contribution >= 4 is 29.2 Å². The molecule has 4 amide bonds. The van der Waals surface area contributed by atoms with Crippen LogP contribution in [0.4, 0.5) is 16.2 Å². The van der Waals surface area contributed by atoms with Gasteiger partial charge in [0, 0.05) is 42.5 Å². The summed E-state index contributed by atoms with van der Waals surface area (Å²) in [6.45, 7) is 4.86. The van der Waals surface area contributed by atoms with E-state index in [-0.39, 0.29) is 30.8 Å². The van der Waals surface area contributed by atoms with Crippen LogP contribution in [-0.4, -0.2) is 64.0 Å². The molecule has 2 fully saturated rings. The predicted octanol–water partition coefficient (Wildman–Crippen LogP) is 3.23. The average Bonchev–Trinajstić information content (AvgIpc) is 3.41. The van der Waals surface area contributed by atoms with Crippen LogP contribution in [-0.2, 0) is 4.79 Å². The van der Waals surface area contributed by atoms with Gasteiger partial charge in [0.25, 0.3) is 5.91 Å². The van der Waals surface area contributed by atoms with E-state index in [4.69, 9.17) is 0 Å². The van der Waals surface area contributed by atoms with Gasteiger partial charge in [-0.25, -0.2) is 4.79 Å². The number of rotatable bonds is 4. The summed E-state index contributed by atoms with van der Waals surface area (Å²) in [7, 11) is 0. The normalized spacial score (nSPS) is 22.3. The molecule has 2 aromatic rings. The van der Waals surface area contributed by atoms with Crippen LogP contribution in [0.15, 0.2) is 48.5 Å². The van der Waals surface area contributed by atoms with Crippen molar-refractivity contribution in [3.05, 3.63) is 59.7 Å². The Balaban J connectivity index is 1.39. The van der Waals surface area contributed by atoms with Gasteiger partial charge in [-0.3, -0.25) is 9.59 Å². The summed E-state index contributed by atoms with van der Waals surface area (Å²) in [6.07, 6.45) is 1.42. The first-order chi connectivity index (χ1) is 15.8. The Labute approximate surface area is 193 Å². The predicted molar refractivity (Wildman–Crippen MR) is 126 cm³/mol. The summed E-state index contributed by atoms with van der Waals surface area (Å²) in [5.74, 6) is -0.381. The smallest absolute Gasteiger partial charge is 0.322 e. The summed E-state index contributed by atoms with van der Waals surface area (Å²) < 4.78 is 0. The molecule has 8 nitrogen and oxygen atoms in total. The molecule has 0 unspecified atom stereocenters. The third kappa shape index (κ3) is 5.17. The summed E-state index contributed by atoms with van der Waals surface area (Å²) in [5.41, 5.74) is 2.81. The van der Waals surface area contributed by atoms with Crippen molar-refractivity contribution in [2.24, 2.45) is 0 Å². The van der Waals surface area contributed by atoms with E-state index in [1.54, 1.807) is 36.4 Å². The fourth-order valence-electron chi connectivity index (χ4n) is 4.44. The second kappa shape index (κ2) is 9.62. The Morgan fingerprint density at radius 1 is 0.939 bits per heavy atom. The van der Waals surface area contributed by atoms with E-state index in [2.05, 4.69) is 17.6 Å². The van der Waals surface area contributed by atoms with Crippen LogP contribution in [0.3, 0.4) is 0 Å². The molecule has 2 aromatic carbocycles. The molecule has 0 aliphatic carbocycles. The number of nitrogens with one attached hydrogen (secondary N) is 2. The van der Waals surface area contributed by atoms with E-state index in [1.807, 2.05) is 24.0 Å². The van der Waals surface area contributed by atoms with Gasteiger partial charge in [0.15, 0.2) is 0 Å². The van der Waals surface area contributed by atoms with Gasteiger partial charge in [-0.05, 0) is 63.1 Å². The number of benzene rings is 2. The number of hydrogen-bond acceptors (Lipinski definition) is 4. The average molecular weight is 451 g/mol. The minimum absolute atomic E-state index is 0.00394. The van der Waals surface area contributed by atoms with Crippen molar-refractivity contribution in [1.82, 2.24) is 9.80 Å². The largest absolute Gasteiger partial charge is 0.391 e. The van der Waals surface area contributed by atoms with Crippen molar-refractivity contribution in [3.8, 4) is 0 Å². The quantitative estimate of drug-likeness (QED) is 0.666. The zero-order valence-corrected chi connectivity index (χ0v) is 19.0. The SMILES string of the molecule is Cc1ccc(NC(=O)N2C[C@H](O)C[C@@H]2C(=O)Nc2ccc(C(=O)N3CCC[C@@H]3C)cc2)cc1. The first-order valence-corrected chi connectivity index (χ1v) is 11.4. The Hall–Kier alpha value is -3.39. The fourth-order valence-corrected chi connectivity index (χ4v) is 4.44. The number of aryl methyl sites for hydroxylation is 1. The Bertz CT molecular complexity index is 1020. The number of β-amino-alcohol motifs (C(OH)–C–C–N with tert-alkyl or cyclic N) is 1. The fraction of sp³-hybridized carbons (Fsp3) is 0.400. The van der Waals surface area contributed by atoms with Gasteiger partial charge in [0.1, 0.15) is 6.04 Å². The number of anilines is 2. The molecule has 0 spiro atoms. The standard InChI is InChI=1S/C25H30N4O4/c1-16-5-9-20(10-6-16)27-25(33)29-15-21(30)14-22(29)23(31)26-19-11-7-18(8-12-19)24(32)28-13-3-4-17(28)2/h5-12,17,21-22,30H,3-4,13-15H2,1-2H3,(H,26,31)(H,27,33)/t17-,21+,22+/m0/s1. The number of hydrogen-bond donors (Lipinski definition) is 3. The number of amides is 4. The number of likely N-dealkylation sites (tertiary alicyclic amines) is 2. The number of urea groups is 1. The van der Waals surface area contributed by atoms with E-state index in [1.165, 1.54) is 4.90 Å². The van der Waals surface area contributed by atoms with Crippen LogP contribution in [0.1, 0.15) is 42.1 Å². The number of carbonyl (C=O) groups excluding carboxylic acids is 3. The molecule has 0 saturated carbocycles. The second-order valence-electron chi connectivity index (χ2n) is 8.91. The highest BCUT2D eigenvalue weighted by Gasteiger charge is 2.39. The summed E-state index contributed by atoms with van der Waals surface area (Å²) in [4.78, 5) is 41.6. The highest BCUT2D eigenvalue weighted by molar-refractivity contribution is 6.00. The lowest BCUT2D eigenvalue weighted by molar-refractivity contribution is -0.119. The number of nitrogens with zero attached hydrogens (tertiary/aromatic N) is 2. The molecule has 8 heteroatoms. The van der Waals surface area contributed by atoms with Crippen LogP contribution in [0.2, 0.25) is 0 Å². The Morgan fingerprint density at radius 3 is 2.21 bits per heavy atom. The molecule has 2 aliphatic rings. The Morgan fingerprint density at radius 2 is 1.58 bits per heavy atom. The molecule has 3 N–H and O–H groups in total. The van der Waals surface area contributed by atoms with Crippen LogP contribution < -0.4 is 10.6 Å². The van der Waals surface area contributed by atoms with Gasteiger partial charge in [-0.2, -0.15) is 0 Å². The summed E-state index contributed by atoms with van der Waals surface area (Å²) in [5, 5.41) is 15.7.